The van der Waals surface area contributed by atoms with Gasteiger partial charge in [0.25, 0.3) is 5.91 Å². The van der Waals surface area contributed by atoms with Gasteiger partial charge in [-0.2, -0.15) is 0 Å². The lowest BCUT2D eigenvalue weighted by Gasteiger charge is -2.49. The quantitative estimate of drug-likeness (QED) is 0.591. The molecule has 1 spiro atoms. The highest BCUT2D eigenvalue weighted by Crippen LogP contribution is 2.48. The van der Waals surface area contributed by atoms with Crippen LogP contribution < -0.4 is 15.0 Å². The zero-order valence-corrected chi connectivity index (χ0v) is 20.9. The molecule has 11 heteroatoms. The normalized spacial score (nSPS) is 22.2. The van der Waals surface area contributed by atoms with E-state index in [9.17, 15) is 19.1 Å². The van der Waals surface area contributed by atoms with E-state index in [-0.39, 0.29) is 57.2 Å². The number of carbonyl (C=O) groups excluding carboxylic acids is 2. The maximum atomic E-state index is 14.9. The molecule has 0 aliphatic carbocycles. The van der Waals surface area contributed by atoms with Crippen LogP contribution in [0.15, 0.2) is 30.9 Å². The molecular weight excluding hydrogens is 501 g/mol. The summed E-state index contributed by atoms with van der Waals surface area (Å²) < 4.78 is 21.1. The number of piperazine rings is 1. The zero-order valence-electron chi connectivity index (χ0n) is 20.2. The predicted octanol–water partition coefficient (Wildman–Crippen LogP) is 2.28. The SMILES string of the molecule is C=CC(=O)N1CCN2C(=O)c3c(N4CC5(CCNC5)C4)nc(-c4c(O)cccc4F)c(Cl)c3OC[C@H]2C1. The summed E-state index contributed by atoms with van der Waals surface area (Å²) in [6.45, 7) is 7.83. The molecule has 1 atom stereocenters. The Morgan fingerprint density at radius 1 is 1.32 bits per heavy atom. The van der Waals surface area contributed by atoms with Gasteiger partial charge in [0.2, 0.25) is 5.91 Å². The minimum absolute atomic E-state index is 0.0210. The highest BCUT2D eigenvalue weighted by Gasteiger charge is 2.48. The van der Waals surface area contributed by atoms with Gasteiger partial charge in [0, 0.05) is 44.7 Å². The third kappa shape index (κ3) is 3.81. The van der Waals surface area contributed by atoms with Crippen molar-refractivity contribution in [3.05, 3.63) is 47.3 Å². The van der Waals surface area contributed by atoms with Gasteiger partial charge in [-0.25, -0.2) is 9.37 Å². The molecule has 37 heavy (non-hydrogen) atoms. The van der Waals surface area contributed by atoms with Gasteiger partial charge in [0.1, 0.15) is 40.3 Å². The molecule has 0 bridgehead atoms. The number of halogens is 2. The summed E-state index contributed by atoms with van der Waals surface area (Å²) in [6, 6.07) is 3.59. The lowest BCUT2D eigenvalue weighted by molar-refractivity contribution is -0.128. The molecule has 4 aliphatic heterocycles. The van der Waals surface area contributed by atoms with Crippen molar-refractivity contribution in [2.45, 2.75) is 12.5 Å². The Kier molecular flexibility index (Phi) is 5.76. The lowest BCUT2D eigenvalue weighted by Crippen LogP contribution is -2.59. The fraction of sp³-hybridized carbons (Fsp3) is 0.423. The number of phenolic OH excluding ortho intramolecular Hbond substituents is 1. The van der Waals surface area contributed by atoms with Crippen molar-refractivity contribution in [3.63, 3.8) is 0 Å². The van der Waals surface area contributed by atoms with Crippen LogP contribution in [0, 0.1) is 11.2 Å². The summed E-state index contributed by atoms with van der Waals surface area (Å²) in [6.07, 6.45) is 2.28. The molecule has 194 valence electrons. The first kappa shape index (κ1) is 24.0. The van der Waals surface area contributed by atoms with Gasteiger partial charge < -0.3 is 29.9 Å². The molecule has 4 aliphatic rings. The molecule has 6 rings (SSSR count). The number of pyridine rings is 1. The average Bonchev–Trinajstić information content (AvgIpc) is 3.32. The summed E-state index contributed by atoms with van der Waals surface area (Å²) in [7, 11) is 0. The van der Waals surface area contributed by atoms with E-state index in [0.717, 1.165) is 19.5 Å². The van der Waals surface area contributed by atoms with Crippen molar-refractivity contribution in [2.24, 2.45) is 5.41 Å². The number of anilines is 1. The third-order valence-electron chi connectivity index (χ3n) is 7.85. The number of nitrogens with zero attached hydrogens (tertiary/aromatic N) is 4. The minimum Gasteiger partial charge on any atom is -0.507 e. The summed E-state index contributed by atoms with van der Waals surface area (Å²) in [5, 5.41) is 13.9. The topological polar surface area (TPSA) is 98.2 Å². The first-order valence-corrected chi connectivity index (χ1v) is 12.7. The molecule has 1 aromatic carbocycles. The average molecular weight is 528 g/mol. The number of amides is 2. The summed E-state index contributed by atoms with van der Waals surface area (Å²) >= 11 is 6.76. The van der Waals surface area contributed by atoms with Crippen molar-refractivity contribution in [1.29, 1.82) is 0 Å². The number of rotatable bonds is 3. The van der Waals surface area contributed by atoms with Gasteiger partial charge in [-0.15, -0.1) is 0 Å². The Balaban J connectivity index is 1.46. The van der Waals surface area contributed by atoms with Gasteiger partial charge in [-0.05, 0) is 31.2 Å². The summed E-state index contributed by atoms with van der Waals surface area (Å²) in [5.74, 6) is -1.00. The third-order valence-corrected chi connectivity index (χ3v) is 8.20. The zero-order chi connectivity index (χ0) is 25.9. The molecule has 2 amide bonds. The van der Waals surface area contributed by atoms with Crippen molar-refractivity contribution >= 4 is 29.2 Å². The Bertz CT molecular complexity index is 1290. The van der Waals surface area contributed by atoms with E-state index in [0.29, 0.717) is 38.5 Å². The first-order chi connectivity index (χ1) is 17.8. The number of hydrogen-bond acceptors (Lipinski definition) is 7. The monoisotopic (exact) mass is 527 g/mol. The molecule has 2 aromatic rings. The van der Waals surface area contributed by atoms with Gasteiger partial charge in [0.05, 0.1) is 11.6 Å². The molecule has 2 N–H and O–H groups in total. The Morgan fingerprint density at radius 3 is 2.84 bits per heavy atom. The van der Waals surface area contributed by atoms with Crippen LogP contribution in [-0.4, -0.2) is 90.2 Å². The second-order valence-electron chi connectivity index (χ2n) is 10.2. The molecular formula is C26H27ClFN5O4. The number of hydrogen-bond donors (Lipinski definition) is 2. The van der Waals surface area contributed by atoms with Crippen LogP contribution in [0.4, 0.5) is 10.2 Å². The number of nitrogens with one attached hydrogen (secondary N) is 1. The highest BCUT2D eigenvalue weighted by atomic mass is 35.5. The van der Waals surface area contributed by atoms with Crippen LogP contribution in [0.25, 0.3) is 11.3 Å². The smallest absolute Gasteiger partial charge is 0.261 e. The van der Waals surface area contributed by atoms with E-state index in [1.807, 2.05) is 4.90 Å². The molecule has 1 aromatic heterocycles. The van der Waals surface area contributed by atoms with Gasteiger partial charge in [-0.1, -0.05) is 24.2 Å². The Morgan fingerprint density at radius 2 is 2.14 bits per heavy atom. The van der Waals surface area contributed by atoms with Crippen LogP contribution in [0.2, 0.25) is 5.02 Å². The molecule has 3 saturated heterocycles. The molecule has 9 nitrogen and oxygen atoms in total. The number of carbonyl (C=O) groups is 2. The van der Waals surface area contributed by atoms with Gasteiger partial charge >= 0.3 is 0 Å². The van der Waals surface area contributed by atoms with E-state index in [2.05, 4.69) is 11.9 Å². The van der Waals surface area contributed by atoms with Gasteiger partial charge in [-0.3, -0.25) is 9.59 Å². The van der Waals surface area contributed by atoms with Gasteiger partial charge in [0.15, 0.2) is 5.75 Å². The number of benzene rings is 1. The van der Waals surface area contributed by atoms with Crippen LogP contribution in [0.3, 0.4) is 0 Å². The van der Waals surface area contributed by atoms with E-state index in [4.69, 9.17) is 21.3 Å². The number of phenols is 1. The van der Waals surface area contributed by atoms with Crippen LogP contribution in [-0.2, 0) is 4.79 Å². The van der Waals surface area contributed by atoms with Crippen LogP contribution >= 0.6 is 11.6 Å². The largest absolute Gasteiger partial charge is 0.507 e. The van der Waals surface area contributed by atoms with Crippen molar-refractivity contribution < 1.29 is 23.8 Å². The van der Waals surface area contributed by atoms with Crippen molar-refractivity contribution in [3.8, 4) is 22.8 Å². The summed E-state index contributed by atoms with van der Waals surface area (Å²) in [4.78, 5) is 36.3. The maximum absolute atomic E-state index is 14.9. The second kappa shape index (κ2) is 8.88. The second-order valence-corrected chi connectivity index (χ2v) is 10.5. The van der Waals surface area contributed by atoms with Crippen molar-refractivity contribution in [2.75, 3.05) is 57.3 Å². The molecule has 3 fully saturated rings. The van der Waals surface area contributed by atoms with E-state index >= 15 is 0 Å². The number of aromatic nitrogens is 1. The molecule has 5 heterocycles. The molecule has 0 saturated carbocycles. The number of fused-ring (bicyclic) bond motifs is 2. The molecule has 0 unspecified atom stereocenters. The Labute approximate surface area is 218 Å². The van der Waals surface area contributed by atoms with Crippen LogP contribution in [0.1, 0.15) is 16.8 Å². The number of ether oxygens (including phenoxy) is 1. The lowest BCUT2D eigenvalue weighted by atomic mass is 9.79. The molecule has 0 radical (unpaired) electrons. The maximum Gasteiger partial charge on any atom is 0.261 e. The van der Waals surface area contributed by atoms with E-state index in [1.54, 1.807) is 9.80 Å². The van der Waals surface area contributed by atoms with Crippen molar-refractivity contribution in [1.82, 2.24) is 20.1 Å². The standard InChI is InChI=1S/C26H27ClFN5O4/c1-2-18(35)31-8-9-33-15(10-31)11-37-23-20(25(33)36)24(32-13-26(14-32)6-7-29-12-26)30-22(21(23)27)19-16(28)4-3-5-17(19)34/h2-5,15,29,34H,1,6-14H2/t15-/m1/s1. The highest BCUT2D eigenvalue weighted by molar-refractivity contribution is 6.35. The van der Waals surface area contributed by atoms with E-state index in [1.165, 1.54) is 24.3 Å². The van der Waals surface area contributed by atoms with Crippen LogP contribution in [0.5, 0.6) is 11.5 Å². The number of aromatic hydroxyl groups is 1. The minimum atomic E-state index is -0.684. The Hall–Kier alpha value is -3.37. The first-order valence-electron chi connectivity index (χ1n) is 12.3. The fourth-order valence-electron chi connectivity index (χ4n) is 5.90. The predicted molar refractivity (Wildman–Crippen MR) is 136 cm³/mol. The van der Waals surface area contributed by atoms with E-state index < -0.39 is 11.9 Å². The fourth-order valence-corrected chi connectivity index (χ4v) is 6.18. The summed E-state index contributed by atoms with van der Waals surface area (Å²) in [5.41, 5.74) is 0.210.